The Kier molecular flexibility index (Phi) is 2.65. The molecule has 0 spiro atoms. The summed E-state index contributed by atoms with van der Waals surface area (Å²) in [6, 6.07) is -0.175. The molecule has 1 aromatic heterocycles. The minimum absolute atomic E-state index is 0.0941. The van der Waals surface area contributed by atoms with E-state index in [0.29, 0.717) is 19.1 Å². The van der Waals surface area contributed by atoms with Crippen molar-refractivity contribution in [2.24, 2.45) is 11.7 Å². The van der Waals surface area contributed by atoms with Crippen molar-refractivity contribution in [2.75, 3.05) is 18.5 Å². The SMILES string of the molecule is Cc1nnc(NC(=O)C2COCC2N)o1. The van der Waals surface area contributed by atoms with Crippen LogP contribution in [0.2, 0.25) is 0 Å². The van der Waals surface area contributed by atoms with Gasteiger partial charge in [-0.1, -0.05) is 5.10 Å². The van der Waals surface area contributed by atoms with Gasteiger partial charge in [0.15, 0.2) is 0 Å². The molecule has 2 heterocycles. The quantitative estimate of drug-likeness (QED) is 0.671. The molecule has 7 nitrogen and oxygen atoms in total. The van der Waals surface area contributed by atoms with Crippen LogP contribution in [-0.2, 0) is 9.53 Å². The summed E-state index contributed by atoms with van der Waals surface area (Å²) in [6.45, 7) is 2.38. The summed E-state index contributed by atoms with van der Waals surface area (Å²) in [5.74, 6) is -0.196. The Hall–Kier alpha value is -1.47. The lowest BCUT2D eigenvalue weighted by atomic mass is 10.0. The van der Waals surface area contributed by atoms with Gasteiger partial charge in [-0.05, 0) is 0 Å². The number of aryl methyl sites for hydroxylation is 1. The molecule has 1 saturated heterocycles. The monoisotopic (exact) mass is 212 g/mol. The molecule has 2 atom stereocenters. The summed E-state index contributed by atoms with van der Waals surface area (Å²) in [5.41, 5.74) is 5.69. The molecule has 0 saturated carbocycles. The van der Waals surface area contributed by atoms with Crippen molar-refractivity contribution in [3.8, 4) is 0 Å². The number of anilines is 1. The fourth-order valence-electron chi connectivity index (χ4n) is 1.39. The third-order valence-electron chi connectivity index (χ3n) is 2.22. The second kappa shape index (κ2) is 3.95. The molecular formula is C8H12N4O3. The highest BCUT2D eigenvalue weighted by Gasteiger charge is 2.32. The molecule has 2 unspecified atom stereocenters. The van der Waals surface area contributed by atoms with Crippen molar-refractivity contribution in [1.82, 2.24) is 10.2 Å². The fraction of sp³-hybridized carbons (Fsp3) is 0.625. The van der Waals surface area contributed by atoms with Crippen LogP contribution in [0.1, 0.15) is 5.89 Å². The van der Waals surface area contributed by atoms with Crippen LogP contribution in [0, 0.1) is 12.8 Å². The van der Waals surface area contributed by atoms with Gasteiger partial charge in [-0.25, -0.2) is 0 Å². The molecule has 1 fully saturated rings. The number of carbonyl (C=O) groups excluding carboxylic acids is 1. The zero-order valence-corrected chi connectivity index (χ0v) is 8.27. The Labute approximate surface area is 86.0 Å². The van der Waals surface area contributed by atoms with Gasteiger partial charge in [-0.15, -0.1) is 5.10 Å². The second-order valence-electron chi connectivity index (χ2n) is 3.42. The number of ether oxygens (including phenoxy) is 1. The van der Waals surface area contributed by atoms with Gasteiger partial charge in [0.25, 0.3) is 0 Å². The normalized spacial score (nSPS) is 25.5. The standard InChI is InChI=1S/C8H12N4O3/c1-4-11-12-8(15-4)10-7(13)5-2-14-3-6(5)9/h5-6H,2-3,9H2,1H3,(H,10,12,13). The molecule has 15 heavy (non-hydrogen) atoms. The summed E-state index contributed by atoms with van der Waals surface area (Å²) in [4.78, 5) is 11.6. The predicted molar refractivity (Wildman–Crippen MR) is 49.9 cm³/mol. The lowest BCUT2D eigenvalue weighted by Gasteiger charge is -2.10. The van der Waals surface area contributed by atoms with Gasteiger partial charge in [0, 0.05) is 13.0 Å². The first kappa shape index (κ1) is 10.1. The minimum atomic E-state index is -0.350. The Morgan fingerprint density at radius 3 is 2.87 bits per heavy atom. The predicted octanol–water partition coefficient (Wildman–Crippen LogP) is -0.710. The number of nitrogens with zero attached hydrogens (tertiary/aromatic N) is 2. The number of nitrogens with one attached hydrogen (secondary N) is 1. The van der Waals surface area contributed by atoms with E-state index in [1.165, 1.54) is 0 Å². The van der Waals surface area contributed by atoms with E-state index in [0.717, 1.165) is 0 Å². The molecule has 1 amide bonds. The summed E-state index contributed by atoms with van der Waals surface area (Å²) >= 11 is 0. The Morgan fingerprint density at radius 1 is 1.53 bits per heavy atom. The third-order valence-corrected chi connectivity index (χ3v) is 2.22. The van der Waals surface area contributed by atoms with Crippen molar-refractivity contribution >= 4 is 11.9 Å². The lowest BCUT2D eigenvalue weighted by Crippen LogP contribution is -2.37. The van der Waals surface area contributed by atoms with Crippen LogP contribution in [0.25, 0.3) is 0 Å². The largest absolute Gasteiger partial charge is 0.408 e. The van der Waals surface area contributed by atoms with Crippen LogP contribution < -0.4 is 11.1 Å². The number of hydrogen-bond donors (Lipinski definition) is 2. The smallest absolute Gasteiger partial charge is 0.322 e. The Bertz CT molecular complexity index is 365. The molecule has 1 aliphatic heterocycles. The van der Waals surface area contributed by atoms with Crippen molar-refractivity contribution in [2.45, 2.75) is 13.0 Å². The number of amides is 1. The average Bonchev–Trinajstić information content (AvgIpc) is 2.75. The molecule has 2 rings (SSSR count). The highest BCUT2D eigenvalue weighted by molar-refractivity contribution is 5.91. The fourth-order valence-corrected chi connectivity index (χ4v) is 1.39. The first-order valence-electron chi connectivity index (χ1n) is 4.61. The number of rotatable bonds is 2. The molecule has 1 aromatic rings. The topological polar surface area (TPSA) is 103 Å². The average molecular weight is 212 g/mol. The van der Waals surface area contributed by atoms with Crippen molar-refractivity contribution < 1.29 is 13.9 Å². The Balaban J connectivity index is 1.97. The van der Waals surface area contributed by atoms with E-state index in [-0.39, 0.29) is 23.9 Å². The third kappa shape index (κ3) is 2.13. The van der Waals surface area contributed by atoms with Gasteiger partial charge in [-0.3, -0.25) is 10.1 Å². The van der Waals surface area contributed by atoms with Gasteiger partial charge in [0.1, 0.15) is 0 Å². The van der Waals surface area contributed by atoms with Crippen molar-refractivity contribution in [3.05, 3.63) is 5.89 Å². The molecule has 3 N–H and O–H groups in total. The maximum atomic E-state index is 11.6. The minimum Gasteiger partial charge on any atom is -0.408 e. The number of carbonyl (C=O) groups is 1. The Morgan fingerprint density at radius 2 is 2.33 bits per heavy atom. The molecule has 1 aliphatic rings. The van der Waals surface area contributed by atoms with Crippen LogP contribution >= 0.6 is 0 Å². The molecule has 82 valence electrons. The summed E-state index contributed by atoms with van der Waals surface area (Å²) in [5, 5.41) is 9.74. The van der Waals surface area contributed by atoms with E-state index >= 15 is 0 Å². The zero-order chi connectivity index (χ0) is 10.8. The van der Waals surface area contributed by atoms with Crippen molar-refractivity contribution in [1.29, 1.82) is 0 Å². The first-order chi connectivity index (χ1) is 7.16. The summed E-state index contributed by atoms with van der Waals surface area (Å²) in [6.07, 6.45) is 0. The van der Waals surface area contributed by atoms with Gasteiger partial charge in [0.2, 0.25) is 11.8 Å². The maximum Gasteiger partial charge on any atom is 0.322 e. The van der Waals surface area contributed by atoms with E-state index in [1.54, 1.807) is 6.92 Å². The number of nitrogens with two attached hydrogens (primary N) is 1. The zero-order valence-electron chi connectivity index (χ0n) is 8.27. The first-order valence-corrected chi connectivity index (χ1v) is 4.61. The number of aromatic nitrogens is 2. The van der Waals surface area contributed by atoms with E-state index in [1.807, 2.05) is 0 Å². The van der Waals surface area contributed by atoms with Crippen LogP contribution in [0.5, 0.6) is 0 Å². The van der Waals surface area contributed by atoms with Crippen LogP contribution in [0.3, 0.4) is 0 Å². The van der Waals surface area contributed by atoms with Gasteiger partial charge < -0.3 is 14.9 Å². The van der Waals surface area contributed by atoms with Crippen LogP contribution in [0.4, 0.5) is 6.01 Å². The molecule has 0 aliphatic carbocycles. The summed E-state index contributed by atoms with van der Waals surface area (Å²) < 4.78 is 10.1. The van der Waals surface area contributed by atoms with Gasteiger partial charge in [-0.2, -0.15) is 0 Å². The highest BCUT2D eigenvalue weighted by Crippen LogP contribution is 2.14. The molecule has 0 bridgehead atoms. The van der Waals surface area contributed by atoms with E-state index in [2.05, 4.69) is 15.5 Å². The lowest BCUT2D eigenvalue weighted by molar-refractivity contribution is -0.120. The van der Waals surface area contributed by atoms with Gasteiger partial charge >= 0.3 is 6.01 Å². The van der Waals surface area contributed by atoms with Gasteiger partial charge in [0.05, 0.1) is 19.1 Å². The second-order valence-corrected chi connectivity index (χ2v) is 3.42. The van der Waals surface area contributed by atoms with E-state index in [9.17, 15) is 4.79 Å². The molecule has 0 radical (unpaired) electrons. The highest BCUT2D eigenvalue weighted by atomic mass is 16.5. The molecule has 0 aromatic carbocycles. The summed E-state index contributed by atoms with van der Waals surface area (Å²) in [7, 11) is 0. The molecule has 7 heteroatoms. The van der Waals surface area contributed by atoms with Crippen molar-refractivity contribution in [3.63, 3.8) is 0 Å². The van der Waals surface area contributed by atoms with Crippen LogP contribution in [-0.4, -0.2) is 35.4 Å². The molecular weight excluding hydrogens is 200 g/mol. The van der Waals surface area contributed by atoms with E-state index < -0.39 is 0 Å². The van der Waals surface area contributed by atoms with Crippen LogP contribution in [0.15, 0.2) is 4.42 Å². The number of hydrogen-bond acceptors (Lipinski definition) is 6. The van der Waals surface area contributed by atoms with E-state index in [4.69, 9.17) is 14.9 Å². The maximum absolute atomic E-state index is 11.6.